The zero-order valence-electron chi connectivity index (χ0n) is 20.5. The summed E-state index contributed by atoms with van der Waals surface area (Å²) in [5, 5.41) is 0. The van der Waals surface area contributed by atoms with Gasteiger partial charge in [0.15, 0.2) is 4.80 Å². The summed E-state index contributed by atoms with van der Waals surface area (Å²) in [5.74, 6) is 1.56. The molecule has 4 aromatic rings. The van der Waals surface area contributed by atoms with E-state index in [0.717, 1.165) is 51.2 Å². The summed E-state index contributed by atoms with van der Waals surface area (Å²) in [6, 6.07) is 22.1. The Morgan fingerprint density at radius 2 is 1.97 bits per heavy atom. The molecule has 0 N–H and O–H groups in total. The number of rotatable bonds is 5. The highest BCUT2D eigenvalue weighted by Gasteiger charge is 2.32. The molecule has 3 aromatic carbocycles. The van der Waals surface area contributed by atoms with E-state index in [1.54, 1.807) is 7.11 Å². The van der Waals surface area contributed by atoms with Crippen LogP contribution in [-0.2, 0) is 6.42 Å². The summed E-state index contributed by atoms with van der Waals surface area (Å²) >= 11 is 5.02. The third-order valence-electron chi connectivity index (χ3n) is 6.84. The molecule has 0 fully saturated rings. The van der Waals surface area contributed by atoms with Gasteiger partial charge in [-0.1, -0.05) is 53.8 Å². The molecule has 0 saturated carbocycles. The van der Waals surface area contributed by atoms with Crippen LogP contribution in [0.1, 0.15) is 41.6 Å². The fourth-order valence-corrected chi connectivity index (χ4v) is 6.68. The van der Waals surface area contributed by atoms with Crippen molar-refractivity contribution in [3.8, 4) is 11.5 Å². The highest BCUT2D eigenvalue weighted by molar-refractivity contribution is 9.10. The van der Waals surface area contributed by atoms with E-state index in [0.29, 0.717) is 15.9 Å². The highest BCUT2D eigenvalue weighted by Crippen LogP contribution is 2.41. The van der Waals surface area contributed by atoms with Gasteiger partial charge in [0.2, 0.25) is 0 Å². The minimum atomic E-state index is -0.232. The van der Waals surface area contributed by atoms with Crippen LogP contribution in [0.25, 0.3) is 11.8 Å². The standard InChI is InChI=1S/C30H25BrN2O3S/c1-3-36-25-14-11-18(15-24(25)31)16-26-29(34)33-28(20-8-6-9-21(17-20)35-2)23-13-12-19-7-4-5-10-22(19)27(23)32-30(33)37-26/h4-11,14-17,28H,3,12-13H2,1-2H3/b26-16+/t28-/m0/s1. The second-order valence-electron chi connectivity index (χ2n) is 9.01. The zero-order valence-corrected chi connectivity index (χ0v) is 22.9. The van der Waals surface area contributed by atoms with Crippen LogP contribution < -0.4 is 24.4 Å². The minimum absolute atomic E-state index is 0.0352. The molecule has 1 atom stereocenters. The Labute approximate surface area is 227 Å². The maximum atomic E-state index is 13.9. The zero-order chi connectivity index (χ0) is 25.5. The Kier molecular flexibility index (Phi) is 6.34. The van der Waals surface area contributed by atoms with Gasteiger partial charge in [-0.3, -0.25) is 9.36 Å². The lowest BCUT2D eigenvalue weighted by atomic mass is 9.83. The lowest BCUT2D eigenvalue weighted by Crippen LogP contribution is -2.38. The van der Waals surface area contributed by atoms with Gasteiger partial charge in [0.1, 0.15) is 11.5 Å². The van der Waals surface area contributed by atoms with Gasteiger partial charge in [0.05, 0.1) is 34.5 Å². The molecule has 0 spiro atoms. The number of aromatic nitrogens is 1. The lowest BCUT2D eigenvalue weighted by Gasteiger charge is -2.31. The van der Waals surface area contributed by atoms with Crippen molar-refractivity contribution in [2.24, 2.45) is 4.99 Å². The SMILES string of the molecule is CCOc1ccc(/C=c2/sc3n(c2=O)[C@@H](c2cccc(OC)c2)C2=C(N=3)c3ccccc3CC2)cc1Br. The molecule has 0 radical (unpaired) electrons. The maximum Gasteiger partial charge on any atom is 0.271 e. The Hall–Kier alpha value is -3.42. The topological polar surface area (TPSA) is 52.8 Å². The quantitative estimate of drug-likeness (QED) is 0.318. The van der Waals surface area contributed by atoms with Crippen molar-refractivity contribution in [2.45, 2.75) is 25.8 Å². The Balaban J connectivity index is 1.57. The van der Waals surface area contributed by atoms with Crippen LogP contribution in [0, 0.1) is 0 Å². The van der Waals surface area contributed by atoms with Gasteiger partial charge in [-0.25, -0.2) is 4.99 Å². The molecular weight excluding hydrogens is 548 g/mol. The van der Waals surface area contributed by atoms with Crippen LogP contribution in [0.15, 0.2) is 86.6 Å². The van der Waals surface area contributed by atoms with Crippen molar-refractivity contribution in [3.63, 3.8) is 0 Å². The summed E-state index contributed by atoms with van der Waals surface area (Å²) < 4.78 is 14.5. The first kappa shape index (κ1) is 23.9. The number of hydrogen-bond acceptors (Lipinski definition) is 5. The number of thiazole rings is 1. The maximum absolute atomic E-state index is 13.9. The number of methoxy groups -OCH3 is 1. The normalized spacial score (nSPS) is 16.5. The van der Waals surface area contributed by atoms with Crippen molar-refractivity contribution in [1.82, 2.24) is 4.57 Å². The lowest BCUT2D eigenvalue weighted by molar-refractivity contribution is 0.338. The molecule has 1 aliphatic heterocycles. The van der Waals surface area contributed by atoms with Crippen LogP contribution in [0.2, 0.25) is 0 Å². The minimum Gasteiger partial charge on any atom is -0.497 e. The van der Waals surface area contributed by atoms with Crippen molar-refractivity contribution in [1.29, 1.82) is 0 Å². The smallest absolute Gasteiger partial charge is 0.271 e. The molecule has 1 aliphatic carbocycles. The van der Waals surface area contributed by atoms with E-state index < -0.39 is 0 Å². The van der Waals surface area contributed by atoms with Crippen LogP contribution in [-0.4, -0.2) is 18.3 Å². The van der Waals surface area contributed by atoms with Crippen molar-refractivity contribution in [3.05, 3.63) is 119 Å². The monoisotopic (exact) mass is 572 g/mol. The molecule has 2 aliphatic rings. The summed E-state index contributed by atoms with van der Waals surface area (Å²) in [5.41, 5.74) is 6.54. The average molecular weight is 574 g/mol. The summed E-state index contributed by atoms with van der Waals surface area (Å²) in [7, 11) is 1.67. The molecule has 0 saturated heterocycles. The molecule has 1 aromatic heterocycles. The second-order valence-corrected chi connectivity index (χ2v) is 10.9. The van der Waals surface area contributed by atoms with Crippen LogP contribution >= 0.6 is 27.3 Å². The number of ether oxygens (including phenoxy) is 2. The summed E-state index contributed by atoms with van der Waals surface area (Å²) in [6.45, 7) is 2.55. The first-order chi connectivity index (χ1) is 18.1. The molecule has 0 bridgehead atoms. The van der Waals surface area contributed by atoms with E-state index in [2.05, 4.69) is 46.3 Å². The molecule has 0 unspecified atom stereocenters. The molecule has 7 heteroatoms. The highest BCUT2D eigenvalue weighted by atomic mass is 79.9. The predicted molar refractivity (Wildman–Crippen MR) is 151 cm³/mol. The third kappa shape index (κ3) is 4.26. The predicted octanol–water partition coefficient (Wildman–Crippen LogP) is 5.49. The van der Waals surface area contributed by atoms with Crippen LogP contribution in [0.4, 0.5) is 0 Å². The van der Waals surface area contributed by atoms with Gasteiger partial charge >= 0.3 is 0 Å². The van der Waals surface area contributed by atoms with Crippen molar-refractivity contribution >= 4 is 39.0 Å². The van der Waals surface area contributed by atoms with Gasteiger partial charge < -0.3 is 9.47 Å². The van der Waals surface area contributed by atoms with Crippen molar-refractivity contribution in [2.75, 3.05) is 13.7 Å². The number of allylic oxidation sites excluding steroid dienone is 1. The molecule has 0 amide bonds. The number of aryl methyl sites for hydroxylation is 1. The number of hydrogen-bond donors (Lipinski definition) is 0. The van der Waals surface area contributed by atoms with Gasteiger partial charge in [-0.2, -0.15) is 0 Å². The van der Waals surface area contributed by atoms with E-state index in [4.69, 9.17) is 14.5 Å². The first-order valence-electron chi connectivity index (χ1n) is 12.3. The van der Waals surface area contributed by atoms with E-state index in [9.17, 15) is 4.79 Å². The molecule has 2 heterocycles. The fraction of sp³-hybridized carbons (Fsp3) is 0.200. The molecular formula is C30H25BrN2O3S. The van der Waals surface area contributed by atoms with E-state index in [1.807, 2.05) is 54.0 Å². The molecule has 186 valence electrons. The summed E-state index contributed by atoms with van der Waals surface area (Å²) in [4.78, 5) is 19.7. The molecule has 37 heavy (non-hydrogen) atoms. The number of nitrogens with zero attached hydrogens (tertiary/aromatic N) is 2. The average Bonchev–Trinajstić information content (AvgIpc) is 3.23. The van der Waals surface area contributed by atoms with Crippen molar-refractivity contribution < 1.29 is 9.47 Å². The largest absolute Gasteiger partial charge is 0.497 e. The van der Waals surface area contributed by atoms with E-state index >= 15 is 0 Å². The van der Waals surface area contributed by atoms with E-state index in [1.165, 1.54) is 22.5 Å². The van der Waals surface area contributed by atoms with Gasteiger partial charge in [0, 0.05) is 5.56 Å². The van der Waals surface area contributed by atoms with Gasteiger partial charge in [0.25, 0.3) is 5.56 Å². The molecule has 5 nitrogen and oxygen atoms in total. The number of halogens is 1. The Bertz CT molecular complexity index is 1730. The van der Waals surface area contributed by atoms with Crippen LogP contribution in [0.3, 0.4) is 0 Å². The van der Waals surface area contributed by atoms with Gasteiger partial charge in [-0.15, -0.1) is 0 Å². The molecule has 6 rings (SSSR count). The Morgan fingerprint density at radius 3 is 2.78 bits per heavy atom. The van der Waals surface area contributed by atoms with Gasteiger partial charge in [-0.05, 0) is 88.3 Å². The second kappa shape index (κ2) is 9.80. The summed E-state index contributed by atoms with van der Waals surface area (Å²) in [6.07, 6.45) is 3.71. The number of benzene rings is 3. The third-order valence-corrected chi connectivity index (χ3v) is 8.44. The first-order valence-corrected chi connectivity index (χ1v) is 13.9. The van der Waals surface area contributed by atoms with E-state index in [-0.39, 0.29) is 11.6 Å². The number of fused-ring (bicyclic) bond motifs is 3. The Morgan fingerprint density at radius 1 is 1.11 bits per heavy atom. The van der Waals surface area contributed by atoms with Crippen LogP contribution in [0.5, 0.6) is 11.5 Å². The fourth-order valence-electron chi connectivity index (χ4n) is 5.16.